The maximum absolute atomic E-state index is 13.4. The summed E-state index contributed by atoms with van der Waals surface area (Å²) < 4.78 is 44.3. The lowest BCUT2D eigenvalue weighted by Gasteiger charge is -2.23. The number of hydrogen-bond acceptors (Lipinski definition) is 4. The quantitative estimate of drug-likeness (QED) is 0.789. The fourth-order valence-electron chi connectivity index (χ4n) is 3.23. The van der Waals surface area contributed by atoms with Crippen molar-refractivity contribution in [3.63, 3.8) is 0 Å². The number of hydrogen-bond donors (Lipinski definition) is 0. The Kier molecular flexibility index (Phi) is 5.27. The number of halogens is 1. The highest BCUT2D eigenvalue weighted by Gasteiger charge is 2.27. The molecule has 2 aromatic rings. The molecule has 1 aliphatic heterocycles. The molecule has 0 N–H and O–H groups in total. The molecule has 1 aromatic heterocycles. The fourth-order valence-corrected chi connectivity index (χ4v) is 4.04. The molecule has 1 atom stereocenters. The van der Waals surface area contributed by atoms with Gasteiger partial charge in [-0.05, 0) is 55.6 Å². The minimum absolute atomic E-state index is 0.0339. The maximum atomic E-state index is 13.4. The van der Waals surface area contributed by atoms with Crippen molar-refractivity contribution < 1.29 is 17.2 Å². The topological polar surface area (TPSA) is 53.8 Å². The van der Waals surface area contributed by atoms with Crippen LogP contribution in [-0.4, -0.2) is 44.3 Å². The SMILES string of the molecule is CN(C)S(=O)(=O)c1ccc(CN2CCCC2Cc2cccc(F)c2)o1. The largest absolute Gasteiger partial charge is 0.447 e. The zero-order valence-corrected chi connectivity index (χ0v) is 15.3. The van der Waals surface area contributed by atoms with E-state index in [1.807, 2.05) is 6.07 Å². The molecule has 0 bridgehead atoms. The summed E-state index contributed by atoms with van der Waals surface area (Å²) in [7, 11) is -0.592. The number of sulfonamides is 1. The Morgan fingerprint density at radius 1 is 1.28 bits per heavy atom. The number of furan rings is 1. The van der Waals surface area contributed by atoms with Gasteiger partial charge in [-0.25, -0.2) is 17.1 Å². The first-order valence-electron chi connectivity index (χ1n) is 8.36. The molecule has 1 fully saturated rings. The average molecular weight is 366 g/mol. The smallest absolute Gasteiger partial charge is 0.275 e. The van der Waals surface area contributed by atoms with Crippen LogP contribution >= 0.6 is 0 Å². The van der Waals surface area contributed by atoms with E-state index in [0.29, 0.717) is 18.3 Å². The third kappa shape index (κ3) is 4.11. The van der Waals surface area contributed by atoms with E-state index in [9.17, 15) is 12.8 Å². The summed E-state index contributed by atoms with van der Waals surface area (Å²) in [6, 6.07) is 10.2. The van der Waals surface area contributed by atoms with Gasteiger partial charge in [0.15, 0.2) is 0 Å². The molecule has 5 nitrogen and oxygen atoms in total. The van der Waals surface area contributed by atoms with Gasteiger partial charge in [0, 0.05) is 20.1 Å². The van der Waals surface area contributed by atoms with Gasteiger partial charge in [-0.15, -0.1) is 0 Å². The summed E-state index contributed by atoms with van der Waals surface area (Å²) in [6.07, 6.45) is 2.89. The molecule has 1 aromatic carbocycles. The zero-order chi connectivity index (χ0) is 18.0. The van der Waals surface area contributed by atoms with Crippen molar-refractivity contribution in [1.29, 1.82) is 0 Å². The molecule has 0 aliphatic carbocycles. The molecular weight excluding hydrogens is 343 g/mol. The minimum Gasteiger partial charge on any atom is -0.447 e. The molecule has 3 rings (SSSR count). The average Bonchev–Trinajstić information content (AvgIpc) is 3.18. The summed E-state index contributed by atoms with van der Waals surface area (Å²) in [4.78, 5) is 2.27. The number of nitrogens with zero attached hydrogens (tertiary/aromatic N) is 2. The van der Waals surface area contributed by atoms with Crippen LogP contribution in [0.15, 0.2) is 45.9 Å². The van der Waals surface area contributed by atoms with E-state index in [1.165, 1.54) is 26.2 Å². The molecule has 0 radical (unpaired) electrons. The minimum atomic E-state index is -3.55. The summed E-state index contributed by atoms with van der Waals surface area (Å²) in [5.41, 5.74) is 0.979. The van der Waals surface area contributed by atoms with E-state index in [-0.39, 0.29) is 10.9 Å². The number of benzene rings is 1. The second kappa shape index (κ2) is 7.27. The van der Waals surface area contributed by atoms with Gasteiger partial charge in [0.05, 0.1) is 6.54 Å². The van der Waals surface area contributed by atoms with Crippen molar-refractivity contribution in [3.05, 3.63) is 53.5 Å². The molecular formula is C18H23FN2O3S. The van der Waals surface area contributed by atoms with Crippen LogP contribution in [-0.2, 0) is 23.0 Å². The molecule has 1 aliphatic rings. The monoisotopic (exact) mass is 366 g/mol. The summed E-state index contributed by atoms with van der Waals surface area (Å²) in [5, 5.41) is -0.0339. The van der Waals surface area contributed by atoms with Crippen molar-refractivity contribution >= 4 is 10.0 Å². The molecule has 0 spiro atoms. The van der Waals surface area contributed by atoms with Crippen LogP contribution < -0.4 is 0 Å². The lowest BCUT2D eigenvalue weighted by Crippen LogP contribution is -2.30. The first-order chi connectivity index (χ1) is 11.9. The third-order valence-corrected chi connectivity index (χ3v) is 6.28. The summed E-state index contributed by atoms with van der Waals surface area (Å²) in [5.74, 6) is 0.415. The van der Waals surface area contributed by atoms with E-state index in [2.05, 4.69) is 4.90 Å². The summed E-state index contributed by atoms with van der Waals surface area (Å²) in [6.45, 7) is 1.49. The first kappa shape index (κ1) is 18.1. The standard InChI is InChI=1S/C18H23FN2O3S/c1-20(2)25(22,23)18-9-8-17(24-18)13-21-10-4-7-16(21)12-14-5-3-6-15(19)11-14/h3,5-6,8-9,11,16H,4,7,10,12-13H2,1-2H3. The normalized spacial score (nSPS) is 19.0. The third-order valence-electron chi connectivity index (χ3n) is 4.59. The van der Waals surface area contributed by atoms with E-state index in [4.69, 9.17) is 4.42 Å². The van der Waals surface area contributed by atoms with Gasteiger partial charge in [-0.2, -0.15) is 0 Å². The Bertz CT molecular complexity index is 832. The molecule has 1 unspecified atom stereocenters. The molecule has 2 heterocycles. The Hall–Kier alpha value is -1.70. The summed E-state index contributed by atoms with van der Waals surface area (Å²) >= 11 is 0. The Morgan fingerprint density at radius 3 is 2.80 bits per heavy atom. The molecule has 1 saturated heterocycles. The van der Waals surface area contributed by atoms with E-state index < -0.39 is 10.0 Å². The Labute approximate surface area is 148 Å². The maximum Gasteiger partial charge on any atom is 0.275 e. The first-order valence-corrected chi connectivity index (χ1v) is 9.80. The number of rotatable bonds is 6. The van der Waals surface area contributed by atoms with Crippen LogP contribution in [0, 0.1) is 5.82 Å². The molecule has 0 amide bonds. The van der Waals surface area contributed by atoms with Gasteiger partial charge < -0.3 is 4.42 Å². The lowest BCUT2D eigenvalue weighted by molar-refractivity contribution is 0.218. The number of likely N-dealkylation sites (tertiary alicyclic amines) is 1. The van der Waals surface area contributed by atoms with Crippen LogP contribution in [0.2, 0.25) is 0 Å². The van der Waals surface area contributed by atoms with Crippen LogP contribution in [0.1, 0.15) is 24.2 Å². The molecule has 25 heavy (non-hydrogen) atoms. The van der Waals surface area contributed by atoms with Gasteiger partial charge in [-0.3, -0.25) is 4.90 Å². The van der Waals surface area contributed by atoms with Crippen molar-refractivity contribution in [3.8, 4) is 0 Å². The highest BCUT2D eigenvalue weighted by molar-refractivity contribution is 7.88. The van der Waals surface area contributed by atoms with Crippen molar-refractivity contribution in [1.82, 2.24) is 9.21 Å². The highest BCUT2D eigenvalue weighted by Crippen LogP contribution is 2.25. The van der Waals surface area contributed by atoms with Crippen molar-refractivity contribution in [2.24, 2.45) is 0 Å². The van der Waals surface area contributed by atoms with Crippen LogP contribution in [0.4, 0.5) is 4.39 Å². The fraction of sp³-hybridized carbons (Fsp3) is 0.444. The lowest BCUT2D eigenvalue weighted by atomic mass is 10.0. The van der Waals surface area contributed by atoms with Gasteiger partial charge in [0.2, 0.25) is 5.09 Å². The van der Waals surface area contributed by atoms with Crippen LogP contribution in [0.5, 0.6) is 0 Å². The second-order valence-electron chi connectivity index (χ2n) is 6.61. The Morgan fingerprint density at radius 2 is 2.08 bits per heavy atom. The van der Waals surface area contributed by atoms with E-state index in [1.54, 1.807) is 18.2 Å². The zero-order valence-electron chi connectivity index (χ0n) is 14.5. The van der Waals surface area contributed by atoms with E-state index in [0.717, 1.165) is 35.7 Å². The van der Waals surface area contributed by atoms with E-state index >= 15 is 0 Å². The van der Waals surface area contributed by atoms with Crippen molar-refractivity contribution in [2.75, 3.05) is 20.6 Å². The highest BCUT2D eigenvalue weighted by atomic mass is 32.2. The molecule has 7 heteroatoms. The van der Waals surface area contributed by atoms with Gasteiger partial charge >= 0.3 is 0 Å². The van der Waals surface area contributed by atoms with Crippen molar-refractivity contribution in [2.45, 2.75) is 36.9 Å². The van der Waals surface area contributed by atoms with Gasteiger partial charge in [0.25, 0.3) is 10.0 Å². The predicted molar refractivity (Wildman–Crippen MR) is 93.1 cm³/mol. The predicted octanol–water partition coefficient (Wildman–Crippen LogP) is 2.88. The van der Waals surface area contributed by atoms with Gasteiger partial charge in [0.1, 0.15) is 11.6 Å². The Balaban J connectivity index is 1.69. The van der Waals surface area contributed by atoms with Crippen LogP contribution in [0.3, 0.4) is 0 Å². The second-order valence-corrected chi connectivity index (χ2v) is 8.69. The molecule has 136 valence electrons. The van der Waals surface area contributed by atoms with Gasteiger partial charge in [-0.1, -0.05) is 12.1 Å². The molecule has 0 saturated carbocycles. The van der Waals surface area contributed by atoms with Crippen LogP contribution in [0.25, 0.3) is 0 Å².